The molecule has 1 aliphatic carbocycles. The average molecular weight is 412 g/mol. The summed E-state index contributed by atoms with van der Waals surface area (Å²) >= 11 is 0. The van der Waals surface area contributed by atoms with Crippen LogP contribution in [0.25, 0.3) is 0 Å². The number of β-amino-alcohol motifs (C(OH)–C–C–N with tert-alkyl or cyclic N) is 1. The van der Waals surface area contributed by atoms with Gasteiger partial charge in [0.15, 0.2) is 0 Å². The lowest BCUT2D eigenvalue weighted by Crippen LogP contribution is -2.47. The maximum atomic E-state index is 13.6. The van der Waals surface area contributed by atoms with Crippen molar-refractivity contribution in [1.29, 1.82) is 0 Å². The van der Waals surface area contributed by atoms with E-state index >= 15 is 0 Å². The van der Waals surface area contributed by atoms with Crippen molar-refractivity contribution in [2.24, 2.45) is 0 Å². The van der Waals surface area contributed by atoms with Crippen LogP contribution in [-0.4, -0.2) is 47.2 Å². The Bertz CT molecular complexity index is 916. The van der Waals surface area contributed by atoms with Gasteiger partial charge in [-0.25, -0.2) is 9.18 Å². The SMILES string of the molecule is O=C(NCC1(c2cccc(F)c2)CC1)[C@@H]1C[C@@H](O)CN1C(=O)OCc1ccccc1. The number of hydrogen-bond donors (Lipinski definition) is 2. The standard InChI is InChI=1S/C23H25FN2O4/c24-18-8-4-7-17(11-18)23(9-10-23)15-25-21(28)20-12-19(27)13-26(20)22(29)30-14-16-5-2-1-3-6-16/h1-8,11,19-20,27H,9-10,12-15H2,(H,25,28)/t19-,20+/m1/s1. The molecule has 158 valence electrons. The van der Waals surface area contributed by atoms with E-state index in [2.05, 4.69) is 5.32 Å². The first-order valence-electron chi connectivity index (χ1n) is 10.2. The van der Waals surface area contributed by atoms with Crippen LogP contribution in [0.2, 0.25) is 0 Å². The van der Waals surface area contributed by atoms with Crippen LogP contribution >= 0.6 is 0 Å². The molecule has 1 aliphatic heterocycles. The lowest BCUT2D eigenvalue weighted by molar-refractivity contribution is -0.125. The highest BCUT2D eigenvalue weighted by Gasteiger charge is 2.46. The summed E-state index contributed by atoms with van der Waals surface area (Å²) in [6.45, 7) is 0.527. The molecule has 0 radical (unpaired) electrons. The summed E-state index contributed by atoms with van der Waals surface area (Å²) in [5, 5.41) is 12.9. The van der Waals surface area contributed by atoms with Gasteiger partial charge in [0.25, 0.3) is 0 Å². The topological polar surface area (TPSA) is 78.9 Å². The Morgan fingerprint density at radius 2 is 1.93 bits per heavy atom. The van der Waals surface area contributed by atoms with Crippen LogP contribution in [0.1, 0.15) is 30.4 Å². The molecule has 1 saturated heterocycles. The molecule has 2 aromatic rings. The molecular formula is C23H25FN2O4. The van der Waals surface area contributed by atoms with Crippen molar-refractivity contribution in [1.82, 2.24) is 10.2 Å². The summed E-state index contributed by atoms with van der Waals surface area (Å²) in [6, 6.07) is 14.9. The fraction of sp³-hybridized carbons (Fsp3) is 0.391. The number of nitrogens with zero attached hydrogens (tertiary/aromatic N) is 1. The summed E-state index contributed by atoms with van der Waals surface area (Å²) in [4.78, 5) is 26.6. The molecule has 0 bridgehead atoms. The number of rotatable bonds is 6. The van der Waals surface area contributed by atoms with Crippen molar-refractivity contribution < 1.29 is 23.8 Å². The number of aliphatic hydroxyl groups is 1. The molecule has 2 N–H and O–H groups in total. The Hall–Kier alpha value is -2.93. The van der Waals surface area contributed by atoms with Crippen LogP contribution in [0, 0.1) is 5.82 Å². The zero-order valence-corrected chi connectivity index (χ0v) is 16.6. The lowest BCUT2D eigenvalue weighted by Gasteiger charge is -2.24. The summed E-state index contributed by atoms with van der Waals surface area (Å²) in [7, 11) is 0. The van der Waals surface area contributed by atoms with Crippen LogP contribution in [0.5, 0.6) is 0 Å². The normalized spacial score (nSPS) is 21.9. The highest BCUT2D eigenvalue weighted by molar-refractivity contribution is 5.86. The number of ether oxygens (including phenoxy) is 1. The molecule has 2 atom stereocenters. The first-order valence-corrected chi connectivity index (χ1v) is 10.2. The van der Waals surface area contributed by atoms with Gasteiger partial charge in [-0.15, -0.1) is 0 Å². The Balaban J connectivity index is 1.35. The molecule has 2 amide bonds. The Morgan fingerprint density at radius 3 is 2.63 bits per heavy atom. The van der Waals surface area contributed by atoms with E-state index in [1.54, 1.807) is 6.07 Å². The first-order chi connectivity index (χ1) is 14.5. The van der Waals surface area contributed by atoms with Crippen molar-refractivity contribution in [2.75, 3.05) is 13.1 Å². The second-order valence-electron chi connectivity index (χ2n) is 8.11. The van der Waals surface area contributed by atoms with Gasteiger partial charge in [0.05, 0.1) is 12.6 Å². The molecule has 2 fully saturated rings. The van der Waals surface area contributed by atoms with Gasteiger partial charge in [0, 0.05) is 18.4 Å². The number of carbonyl (C=O) groups is 2. The van der Waals surface area contributed by atoms with E-state index in [9.17, 15) is 19.1 Å². The molecule has 4 rings (SSSR count). The Labute approximate surface area is 174 Å². The number of benzene rings is 2. The van der Waals surface area contributed by atoms with Crippen LogP contribution in [-0.2, 0) is 21.6 Å². The fourth-order valence-electron chi connectivity index (χ4n) is 3.98. The molecule has 1 heterocycles. The van der Waals surface area contributed by atoms with Gasteiger partial charge in [0.1, 0.15) is 18.5 Å². The van der Waals surface area contributed by atoms with E-state index in [0.29, 0.717) is 6.54 Å². The molecule has 0 unspecified atom stereocenters. The van der Waals surface area contributed by atoms with E-state index in [1.165, 1.54) is 17.0 Å². The third kappa shape index (κ3) is 4.46. The third-order valence-corrected chi connectivity index (χ3v) is 5.91. The van der Waals surface area contributed by atoms with E-state index < -0.39 is 18.2 Å². The highest BCUT2D eigenvalue weighted by atomic mass is 19.1. The number of carbonyl (C=O) groups excluding carboxylic acids is 2. The summed E-state index contributed by atoms with van der Waals surface area (Å²) in [6.07, 6.45) is 0.504. The van der Waals surface area contributed by atoms with Crippen molar-refractivity contribution in [3.05, 3.63) is 71.5 Å². The van der Waals surface area contributed by atoms with Gasteiger partial charge in [-0.3, -0.25) is 9.69 Å². The van der Waals surface area contributed by atoms with E-state index in [0.717, 1.165) is 24.0 Å². The lowest BCUT2D eigenvalue weighted by atomic mass is 9.95. The molecule has 2 aliphatic rings. The number of hydrogen-bond acceptors (Lipinski definition) is 4. The fourth-order valence-corrected chi connectivity index (χ4v) is 3.98. The zero-order chi connectivity index (χ0) is 21.1. The predicted octanol–water partition coefficient (Wildman–Crippen LogP) is 2.75. The third-order valence-electron chi connectivity index (χ3n) is 5.91. The second kappa shape index (κ2) is 8.44. The zero-order valence-electron chi connectivity index (χ0n) is 16.6. The monoisotopic (exact) mass is 412 g/mol. The smallest absolute Gasteiger partial charge is 0.410 e. The molecule has 6 nitrogen and oxygen atoms in total. The van der Waals surface area contributed by atoms with Crippen LogP contribution in [0.3, 0.4) is 0 Å². The second-order valence-corrected chi connectivity index (χ2v) is 8.11. The molecule has 30 heavy (non-hydrogen) atoms. The molecule has 1 saturated carbocycles. The summed E-state index contributed by atoms with van der Waals surface area (Å²) < 4.78 is 18.9. The van der Waals surface area contributed by atoms with Gasteiger partial charge in [-0.2, -0.15) is 0 Å². The summed E-state index contributed by atoms with van der Waals surface area (Å²) in [5.41, 5.74) is 1.46. The quantitative estimate of drug-likeness (QED) is 0.765. The molecule has 7 heteroatoms. The number of likely N-dealkylation sites (tertiary alicyclic amines) is 1. The number of aliphatic hydroxyl groups excluding tert-OH is 1. The van der Waals surface area contributed by atoms with Crippen molar-refractivity contribution in [3.8, 4) is 0 Å². The Morgan fingerprint density at radius 1 is 1.17 bits per heavy atom. The van der Waals surface area contributed by atoms with Crippen molar-refractivity contribution in [3.63, 3.8) is 0 Å². The van der Waals surface area contributed by atoms with Gasteiger partial charge in [0.2, 0.25) is 5.91 Å². The van der Waals surface area contributed by atoms with Crippen LogP contribution in [0.15, 0.2) is 54.6 Å². The maximum Gasteiger partial charge on any atom is 0.410 e. The number of halogens is 1. The number of nitrogens with one attached hydrogen (secondary N) is 1. The van der Waals surface area contributed by atoms with E-state index in [1.807, 2.05) is 36.4 Å². The molecule has 2 aromatic carbocycles. The van der Waals surface area contributed by atoms with Crippen LogP contribution < -0.4 is 5.32 Å². The minimum atomic E-state index is -0.786. The minimum absolute atomic E-state index is 0.0563. The first kappa shape index (κ1) is 20.3. The maximum absolute atomic E-state index is 13.6. The number of amides is 2. The van der Waals surface area contributed by atoms with E-state index in [4.69, 9.17) is 4.74 Å². The Kier molecular flexibility index (Phi) is 5.72. The highest BCUT2D eigenvalue weighted by Crippen LogP contribution is 2.47. The predicted molar refractivity (Wildman–Crippen MR) is 108 cm³/mol. The summed E-state index contributed by atoms with van der Waals surface area (Å²) in [5.74, 6) is -0.623. The van der Waals surface area contributed by atoms with Gasteiger partial charge in [-0.1, -0.05) is 42.5 Å². The molecular weight excluding hydrogens is 387 g/mol. The average Bonchev–Trinajstić information content (AvgIpc) is 3.45. The largest absolute Gasteiger partial charge is 0.445 e. The van der Waals surface area contributed by atoms with Crippen LogP contribution in [0.4, 0.5) is 9.18 Å². The molecule has 0 aromatic heterocycles. The van der Waals surface area contributed by atoms with Crippen molar-refractivity contribution >= 4 is 12.0 Å². The molecule has 0 spiro atoms. The van der Waals surface area contributed by atoms with Crippen molar-refractivity contribution in [2.45, 2.75) is 43.4 Å². The van der Waals surface area contributed by atoms with Gasteiger partial charge >= 0.3 is 6.09 Å². The van der Waals surface area contributed by atoms with E-state index in [-0.39, 0.29) is 36.7 Å². The van der Waals surface area contributed by atoms with Gasteiger partial charge < -0.3 is 15.2 Å². The van der Waals surface area contributed by atoms with Gasteiger partial charge in [-0.05, 0) is 36.1 Å². The minimum Gasteiger partial charge on any atom is -0.445 e.